The van der Waals surface area contributed by atoms with E-state index in [0.717, 1.165) is 32.1 Å². The summed E-state index contributed by atoms with van der Waals surface area (Å²) in [6.45, 7) is 12.3. The highest BCUT2D eigenvalue weighted by molar-refractivity contribution is 6.85. The van der Waals surface area contributed by atoms with Crippen LogP contribution in [0.2, 0.25) is 38.3 Å². The lowest BCUT2D eigenvalue weighted by atomic mass is 9.81. The first-order valence-corrected chi connectivity index (χ1v) is 15.7. The second-order valence-corrected chi connectivity index (χ2v) is 17.5. The number of hydrogen-bond donors (Lipinski definition) is 2. The molecule has 0 spiro atoms. The molecule has 1 unspecified atom stereocenters. The first kappa shape index (κ1) is 22.1. The molecule has 7 heteroatoms. The van der Waals surface area contributed by atoms with Gasteiger partial charge in [0.05, 0.1) is 11.1 Å². The molecule has 1 aliphatic rings. The van der Waals surface area contributed by atoms with Gasteiger partial charge in [-0.05, 0) is 57.9 Å². The fraction of sp³-hybridized carbons (Fsp3) is 0.778. The Bertz CT molecular complexity index is 528. The van der Waals surface area contributed by atoms with Crippen molar-refractivity contribution in [2.75, 3.05) is 0 Å². The summed E-state index contributed by atoms with van der Waals surface area (Å²) in [5, 5.41) is 19.8. The van der Waals surface area contributed by atoms with Crippen LogP contribution in [0.25, 0.3) is 0 Å². The quantitative estimate of drug-likeness (QED) is 0.459. The average Bonchev–Trinajstić information content (AvgIpc) is 2.44. The normalized spacial score (nSPS) is 19.3. The second-order valence-electron chi connectivity index (χ2n) is 8.55. The SMILES string of the molecule is CCC(/C(C(=O)O)=C(\C(=O)O)C1CCCCC1)[Si](C)(C)O[Si](C)(C)C. The van der Waals surface area contributed by atoms with E-state index in [1.54, 1.807) is 0 Å². The van der Waals surface area contributed by atoms with Crippen LogP contribution >= 0.6 is 0 Å². The summed E-state index contributed by atoms with van der Waals surface area (Å²) >= 11 is 0. The predicted molar refractivity (Wildman–Crippen MR) is 105 cm³/mol. The molecule has 0 aliphatic heterocycles. The van der Waals surface area contributed by atoms with Crippen LogP contribution in [0.3, 0.4) is 0 Å². The van der Waals surface area contributed by atoms with Crippen LogP contribution in [0.5, 0.6) is 0 Å². The number of rotatable bonds is 8. The third-order valence-electron chi connectivity index (χ3n) is 4.93. The summed E-state index contributed by atoms with van der Waals surface area (Å²) in [5.74, 6) is -2.31. The van der Waals surface area contributed by atoms with E-state index < -0.39 is 28.6 Å². The van der Waals surface area contributed by atoms with Gasteiger partial charge in [-0.15, -0.1) is 0 Å². The van der Waals surface area contributed by atoms with Crippen LogP contribution in [0.15, 0.2) is 11.1 Å². The van der Waals surface area contributed by atoms with Crippen molar-refractivity contribution >= 4 is 28.6 Å². The zero-order valence-electron chi connectivity index (χ0n) is 16.5. The van der Waals surface area contributed by atoms with Crippen LogP contribution in [-0.4, -0.2) is 38.8 Å². The van der Waals surface area contributed by atoms with Crippen molar-refractivity contribution < 1.29 is 23.9 Å². The molecule has 1 atom stereocenters. The van der Waals surface area contributed by atoms with Gasteiger partial charge in [0.2, 0.25) is 0 Å². The lowest BCUT2D eigenvalue weighted by Gasteiger charge is -2.39. The molecule has 0 radical (unpaired) electrons. The number of carboxylic acids is 2. The Hall–Kier alpha value is -0.926. The molecule has 0 bridgehead atoms. The highest BCUT2D eigenvalue weighted by Gasteiger charge is 2.43. The second kappa shape index (κ2) is 8.64. The Morgan fingerprint density at radius 2 is 1.52 bits per heavy atom. The molecular weight excluding hydrogens is 352 g/mol. The van der Waals surface area contributed by atoms with E-state index >= 15 is 0 Å². The molecule has 1 aliphatic carbocycles. The number of hydrogen-bond acceptors (Lipinski definition) is 3. The van der Waals surface area contributed by atoms with Gasteiger partial charge in [0.1, 0.15) is 0 Å². The topological polar surface area (TPSA) is 83.8 Å². The van der Waals surface area contributed by atoms with Gasteiger partial charge < -0.3 is 14.3 Å². The number of carboxylic acid groups (broad SMARTS) is 2. The smallest absolute Gasteiger partial charge is 0.332 e. The first-order valence-electron chi connectivity index (χ1n) is 9.31. The molecule has 0 amide bonds. The van der Waals surface area contributed by atoms with Gasteiger partial charge in [-0.2, -0.15) is 0 Å². The number of aliphatic carboxylic acids is 2. The van der Waals surface area contributed by atoms with Crippen molar-refractivity contribution in [1.29, 1.82) is 0 Å². The zero-order valence-corrected chi connectivity index (χ0v) is 18.5. The summed E-state index contributed by atoms with van der Waals surface area (Å²) in [6.07, 6.45) is 5.17. The fourth-order valence-electron chi connectivity index (χ4n) is 4.26. The van der Waals surface area contributed by atoms with Gasteiger partial charge in [-0.25, -0.2) is 9.59 Å². The monoisotopic (exact) mass is 386 g/mol. The minimum absolute atomic E-state index is 0.108. The molecule has 5 nitrogen and oxygen atoms in total. The molecule has 0 aromatic rings. The maximum atomic E-state index is 12.2. The Balaban J connectivity index is 3.45. The summed E-state index contributed by atoms with van der Waals surface area (Å²) in [6, 6.07) is 0. The van der Waals surface area contributed by atoms with Crippen LogP contribution in [-0.2, 0) is 13.7 Å². The Morgan fingerprint density at radius 1 is 1.00 bits per heavy atom. The minimum atomic E-state index is -2.41. The van der Waals surface area contributed by atoms with Crippen molar-refractivity contribution in [3.05, 3.63) is 11.1 Å². The van der Waals surface area contributed by atoms with Crippen LogP contribution in [0.1, 0.15) is 45.4 Å². The maximum absolute atomic E-state index is 12.2. The molecule has 0 aromatic carbocycles. The molecule has 1 saturated carbocycles. The van der Waals surface area contributed by atoms with Crippen LogP contribution < -0.4 is 0 Å². The minimum Gasteiger partial charge on any atom is -0.478 e. The van der Waals surface area contributed by atoms with E-state index in [4.69, 9.17) is 4.12 Å². The average molecular weight is 387 g/mol. The van der Waals surface area contributed by atoms with Gasteiger partial charge in [0.25, 0.3) is 0 Å². The van der Waals surface area contributed by atoms with Gasteiger partial charge in [-0.1, -0.05) is 26.2 Å². The molecule has 0 saturated heterocycles. The van der Waals surface area contributed by atoms with Gasteiger partial charge in [0.15, 0.2) is 16.6 Å². The van der Waals surface area contributed by atoms with Crippen molar-refractivity contribution in [1.82, 2.24) is 0 Å². The van der Waals surface area contributed by atoms with Gasteiger partial charge in [0, 0.05) is 5.54 Å². The van der Waals surface area contributed by atoms with Crippen molar-refractivity contribution in [3.8, 4) is 0 Å². The Morgan fingerprint density at radius 3 is 1.88 bits per heavy atom. The molecule has 0 aromatic heterocycles. The summed E-state index contributed by atoms with van der Waals surface area (Å²) < 4.78 is 6.41. The largest absolute Gasteiger partial charge is 0.478 e. The molecule has 0 heterocycles. The highest BCUT2D eigenvalue weighted by Crippen LogP contribution is 2.41. The first-order chi connectivity index (χ1) is 11.4. The Kier molecular flexibility index (Phi) is 7.64. The predicted octanol–water partition coefficient (Wildman–Crippen LogP) is 4.87. The number of carbonyl (C=O) groups is 2. The molecule has 1 rings (SSSR count). The van der Waals surface area contributed by atoms with Crippen molar-refractivity contribution in [2.45, 2.75) is 83.7 Å². The summed E-state index contributed by atoms with van der Waals surface area (Å²) in [5.41, 5.74) is -0.0691. The van der Waals surface area contributed by atoms with E-state index in [1.165, 1.54) is 0 Å². The van der Waals surface area contributed by atoms with E-state index in [9.17, 15) is 19.8 Å². The maximum Gasteiger partial charge on any atom is 0.332 e. The summed E-state index contributed by atoms with van der Waals surface area (Å²) in [4.78, 5) is 24.2. The Labute approximate surface area is 153 Å². The third-order valence-corrected chi connectivity index (χ3v) is 11.9. The van der Waals surface area contributed by atoms with E-state index in [2.05, 4.69) is 19.6 Å². The van der Waals surface area contributed by atoms with E-state index in [0.29, 0.717) is 6.42 Å². The van der Waals surface area contributed by atoms with Crippen molar-refractivity contribution in [2.24, 2.45) is 5.92 Å². The highest BCUT2D eigenvalue weighted by atomic mass is 28.4. The molecule has 144 valence electrons. The lowest BCUT2D eigenvalue weighted by molar-refractivity contribution is -0.136. The van der Waals surface area contributed by atoms with Gasteiger partial charge >= 0.3 is 11.9 Å². The zero-order chi connectivity index (χ0) is 19.4. The molecule has 2 N–H and O–H groups in total. The summed E-state index contributed by atoms with van der Waals surface area (Å²) in [7, 11) is -4.26. The van der Waals surface area contributed by atoms with E-state index in [1.807, 2.05) is 20.0 Å². The van der Waals surface area contributed by atoms with Crippen molar-refractivity contribution in [3.63, 3.8) is 0 Å². The molecule has 1 fully saturated rings. The standard InChI is InChI=1S/C18H34O5Si2/c1-7-14(25(5,6)23-24(2,3)4)16(18(21)22)15(17(19)20)13-11-9-8-10-12-13/h13-14H,7-12H2,1-6H3,(H,19,20)(H,21,22)/b16-15+. The van der Waals surface area contributed by atoms with E-state index in [-0.39, 0.29) is 22.6 Å². The van der Waals surface area contributed by atoms with Gasteiger partial charge in [-0.3, -0.25) is 0 Å². The van der Waals surface area contributed by atoms with Crippen LogP contribution in [0.4, 0.5) is 0 Å². The molecular formula is C18H34O5Si2. The lowest BCUT2D eigenvalue weighted by Crippen LogP contribution is -2.47. The molecule has 25 heavy (non-hydrogen) atoms. The fourth-order valence-corrected chi connectivity index (χ4v) is 13.1. The third kappa shape index (κ3) is 6.07. The van der Waals surface area contributed by atoms with Crippen LogP contribution in [0, 0.1) is 5.92 Å².